The van der Waals surface area contributed by atoms with Crippen LogP contribution in [0.25, 0.3) is 17.0 Å². The lowest BCUT2D eigenvalue weighted by Crippen LogP contribution is -2.40. The van der Waals surface area contributed by atoms with Crippen LogP contribution in [0.3, 0.4) is 0 Å². The second-order valence-electron chi connectivity index (χ2n) is 7.51. The second kappa shape index (κ2) is 7.80. The molecule has 0 unspecified atom stereocenters. The van der Waals surface area contributed by atoms with Crippen molar-refractivity contribution in [2.24, 2.45) is 0 Å². The van der Waals surface area contributed by atoms with E-state index in [9.17, 15) is 4.79 Å². The van der Waals surface area contributed by atoms with E-state index in [0.29, 0.717) is 25.3 Å². The fourth-order valence-electron chi connectivity index (χ4n) is 3.01. The van der Waals surface area contributed by atoms with Gasteiger partial charge in [-0.05, 0) is 33.3 Å². The highest BCUT2D eigenvalue weighted by atomic mass is 16.6. The minimum absolute atomic E-state index is 0.341. The van der Waals surface area contributed by atoms with Gasteiger partial charge in [0, 0.05) is 23.9 Å². The van der Waals surface area contributed by atoms with Crippen LogP contribution in [0.4, 0.5) is 4.79 Å². The van der Waals surface area contributed by atoms with Crippen LogP contribution >= 0.6 is 0 Å². The zero-order valence-electron chi connectivity index (χ0n) is 16.5. The zero-order chi connectivity index (χ0) is 20.3. The topological polar surface area (TPSA) is 84.0 Å². The van der Waals surface area contributed by atoms with Crippen molar-refractivity contribution >= 4 is 11.7 Å². The van der Waals surface area contributed by atoms with E-state index >= 15 is 0 Å². The number of rotatable bonds is 4. The van der Waals surface area contributed by atoms with E-state index in [1.165, 1.54) is 0 Å². The number of aromatic amines is 1. The fraction of sp³-hybridized carbons (Fsp3) is 0.333. The smallest absolute Gasteiger partial charge is 0.410 e. The van der Waals surface area contributed by atoms with Gasteiger partial charge in [-0.1, -0.05) is 31.4 Å². The van der Waals surface area contributed by atoms with Gasteiger partial charge >= 0.3 is 6.09 Å². The molecule has 3 heterocycles. The minimum atomic E-state index is -0.544. The Morgan fingerprint density at radius 3 is 2.71 bits per heavy atom. The van der Waals surface area contributed by atoms with Gasteiger partial charge in [-0.3, -0.25) is 5.10 Å². The number of nitrogens with zero attached hydrogens (tertiary/aromatic N) is 4. The average molecular weight is 379 g/mol. The predicted molar refractivity (Wildman–Crippen MR) is 108 cm³/mol. The molecule has 146 valence electrons. The number of hydrogen-bond acceptors (Lipinski definition) is 5. The maximum absolute atomic E-state index is 12.5. The summed E-state index contributed by atoms with van der Waals surface area (Å²) in [6.45, 7) is 14.1. The van der Waals surface area contributed by atoms with E-state index < -0.39 is 5.60 Å². The van der Waals surface area contributed by atoms with Crippen LogP contribution in [-0.4, -0.2) is 43.3 Å². The van der Waals surface area contributed by atoms with Gasteiger partial charge in [0.2, 0.25) is 0 Å². The lowest BCUT2D eigenvalue weighted by atomic mass is 10.0. The summed E-state index contributed by atoms with van der Waals surface area (Å²) in [6.07, 6.45) is 7.15. The number of hydrogen-bond donors (Lipinski definition) is 1. The van der Waals surface area contributed by atoms with Gasteiger partial charge in [0.25, 0.3) is 0 Å². The van der Waals surface area contributed by atoms with Crippen molar-refractivity contribution in [3.05, 3.63) is 60.7 Å². The number of ether oxygens (including phenoxy) is 1. The van der Waals surface area contributed by atoms with E-state index in [2.05, 4.69) is 23.4 Å². The Labute approximate surface area is 164 Å². The molecule has 0 fully saturated rings. The zero-order valence-corrected chi connectivity index (χ0v) is 16.5. The molecular weight excluding hydrogens is 354 g/mol. The summed E-state index contributed by atoms with van der Waals surface area (Å²) in [4.78, 5) is 23.7. The van der Waals surface area contributed by atoms with Crippen LogP contribution in [0, 0.1) is 0 Å². The van der Waals surface area contributed by atoms with Crippen molar-refractivity contribution in [3.8, 4) is 11.4 Å². The first-order valence-electron chi connectivity index (χ1n) is 9.15. The quantitative estimate of drug-likeness (QED) is 0.814. The first-order valence-corrected chi connectivity index (χ1v) is 9.15. The Morgan fingerprint density at radius 2 is 2.11 bits per heavy atom. The third-order valence-corrected chi connectivity index (χ3v) is 4.25. The van der Waals surface area contributed by atoms with Crippen molar-refractivity contribution in [2.45, 2.75) is 39.3 Å². The summed E-state index contributed by atoms with van der Waals surface area (Å²) in [6, 6.07) is 1.87. The second-order valence-corrected chi connectivity index (χ2v) is 7.51. The fourth-order valence-corrected chi connectivity index (χ4v) is 3.01. The molecule has 1 aliphatic heterocycles. The maximum Gasteiger partial charge on any atom is 0.410 e. The summed E-state index contributed by atoms with van der Waals surface area (Å²) < 4.78 is 5.52. The molecule has 2 aromatic heterocycles. The molecule has 28 heavy (non-hydrogen) atoms. The number of carbonyl (C=O) groups is 1. The molecule has 7 nitrogen and oxygen atoms in total. The molecule has 0 saturated carbocycles. The minimum Gasteiger partial charge on any atom is -0.444 e. The highest BCUT2D eigenvalue weighted by Gasteiger charge is 2.29. The SMILES string of the molecule is C=C/C=C(\C=C)c1nc2c(c(-c3ccn[nH]3)n1)CCN(C(=O)OC(C)(C)C)C2. The Balaban J connectivity index is 2.03. The van der Waals surface area contributed by atoms with Gasteiger partial charge < -0.3 is 9.64 Å². The molecule has 0 radical (unpaired) electrons. The van der Waals surface area contributed by atoms with Crippen molar-refractivity contribution in [3.63, 3.8) is 0 Å². The van der Waals surface area contributed by atoms with Gasteiger partial charge in [0.05, 0.1) is 23.6 Å². The largest absolute Gasteiger partial charge is 0.444 e. The Kier molecular flexibility index (Phi) is 5.44. The lowest BCUT2D eigenvalue weighted by Gasteiger charge is -2.31. The third kappa shape index (κ3) is 4.19. The Morgan fingerprint density at radius 1 is 1.32 bits per heavy atom. The molecule has 0 aromatic carbocycles. The maximum atomic E-state index is 12.5. The van der Waals surface area contributed by atoms with Gasteiger partial charge in [0.15, 0.2) is 5.82 Å². The van der Waals surface area contributed by atoms with Gasteiger partial charge in [0.1, 0.15) is 5.60 Å². The summed E-state index contributed by atoms with van der Waals surface area (Å²) in [5.74, 6) is 0.532. The Bertz CT molecular complexity index is 923. The summed E-state index contributed by atoms with van der Waals surface area (Å²) in [5.41, 5.74) is 3.62. The molecule has 0 saturated heterocycles. The van der Waals surface area contributed by atoms with Crippen molar-refractivity contribution in [1.29, 1.82) is 0 Å². The van der Waals surface area contributed by atoms with Crippen molar-refractivity contribution < 1.29 is 9.53 Å². The number of H-pyrrole nitrogens is 1. The molecule has 0 bridgehead atoms. The molecule has 1 aliphatic rings. The van der Waals surface area contributed by atoms with Crippen LogP contribution in [-0.2, 0) is 17.7 Å². The summed E-state index contributed by atoms with van der Waals surface area (Å²) in [5, 5.41) is 7.01. The monoisotopic (exact) mass is 379 g/mol. The van der Waals surface area contributed by atoms with E-state index in [0.717, 1.165) is 28.2 Å². The predicted octanol–water partition coefficient (Wildman–Crippen LogP) is 3.92. The number of carbonyl (C=O) groups excluding carboxylic acids is 1. The number of fused-ring (bicyclic) bond motifs is 1. The van der Waals surface area contributed by atoms with Gasteiger partial charge in [-0.2, -0.15) is 5.10 Å². The lowest BCUT2D eigenvalue weighted by molar-refractivity contribution is 0.0220. The molecule has 3 rings (SSSR count). The number of allylic oxidation sites excluding steroid dienone is 4. The molecule has 0 spiro atoms. The van der Waals surface area contributed by atoms with Crippen LogP contribution in [0.2, 0.25) is 0 Å². The molecule has 0 atom stereocenters. The number of nitrogens with one attached hydrogen (secondary N) is 1. The number of aromatic nitrogens is 4. The highest BCUT2D eigenvalue weighted by Crippen LogP contribution is 2.29. The Hall–Kier alpha value is -3.22. The molecule has 7 heteroatoms. The van der Waals surface area contributed by atoms with Gasteiger partial charge in [-0.15, -0.1) is 0 Å². The summed E-state index contributed by atoms with van der Waals surface area (Å²) in [7, 11) is 0. The van der Waals surface area contributed by atoms with Crippen molar-refractivity contribution in [1.82, 2.24) is 25.1 Å². The molecule has 2 aromatic rings. The van der Waals surface area contributed by atoms with E-state index in [-0.39, 0.29) is 6.09 Å². The van der Waals surface area contributed by atoms with Crippen molar-refractivity contribution in [2.75, 3.05) is 6.54 Å². The summed E-state index contributed by atoms with van der Waals surface area (Å²) >= 11 is 0. The highest BCUT2D eigenvalue weighted by molar-refractivity contribution is 5.73. The molecular formula is C21H25N5O2. The number of amides is 1. The molecule has 1 amide bonds. The first kappa shape index (κ1) is 19.5. The van der Waals surface area contributed by atoms with E-state index in [1.807, 2.05) is 26.8 Å². The van der Waals surface area contributed by atoms with Crippen LogP contribution < -0.4 is 0 Å². The van der Waals surface area contributed by atoms with Gasteiger partial charge in [-0.25, -0.2) is 14.8 Å². The van der Waals surface area contributed by atoms with Crippen LogP contribution in [0.1, 0.15) is 37.9 Å². The van der Waals surface area contributed by atoms with Crippen LogP contribution in [0.15, 0.2) is 43.6 Å². The average Bonchev–Trinajstić information content (AvgIpc) is 3.18. The first-order chi connectivity index (χ1) is 13.3. The molecule has 0 aliphatic carbocycles. The van der Waals surface area contributed by atoms with E-state index in [4.69, 9.17) is 14.7 Å². The standard InChI is InChI=1S/C21H25N5O2/c1-6-8-14(7-2)19-23-17-13-26(20(27)28-21(3,4)5)12-10-15(17)18(24-19)16-9-11-22-25-16/h6-9,11H,1-2,10,12-13H2,3-5H3,(H,22,25)/b14-8+. The van der Waals surface area contributed by atoms with Crippen LogP contribution in [0.5, 0.6) is 0 Å². The normalized spacial score (nSPS) is 14.4. The third-order valence-electron chi connectivity index (χ3n) is 4.25. The van der Waals surface area contributed by atoms with E-state index in [1.54, 1.807) is 29.3 Å². The molecule has 1 N–H and O–H groups in total.